The highest BCUT2D eigenvalue weighted by Crippen LogP contribution is 2.24. The zero-order valence-corrected chi connectivity index (χ0v) is 7.97. The second kappa shape index (κ2) is 3.66. The van der Waals surface area contributed by atoms with Crippen LogP contribution in [0.25, 0.3) is 10.9 Å². The van der Waals surface area contributed by atoms with Gasteiger partial charge in [0.15, 0.2) is 5.82 Å². The largest absolute Gasteiger partial charge is 0.297 e. The summed E-state index contributed by atoms with van der Waals surface area (Å²) >= 11 is 5.63. The van der Waals surface area contributed by atoms with Crippen molar-refractivity contribution >= 4 is 22.5 Å². The lowest BCUT2D eigenvalue weighted by atomic mass is 10.2. The molecule has 0 saturated heterocycles. The fraction of sp³-hybridized carbons (Fsp3) is 0.111. The molecule has 78 valence electrons. The molecule has 0 saturated carbocycles. The van der Waals surface area contributed by atoms with E-state index in [1.807, 2.05) is 0 Å². The van der Waals surface area contributed by atoms with Crippen molar-refractivity contribution in [3.8, 4) is 0 Å². The van der Waals surface area contributed by atoms with Gasteiger partial charge in [0.05, 0.1) is 5.52 Å². The monoisotopic (exact) mass is 232 g/mol. The van der Waals surface area contributed by atoms with Gasteiger partial charge in [0.2, 0.25) is 0 Å². The Balaban J connectivity index is 2.73. The fourth-order valence-corrected chi connectivity index (χ4v) is 1.42. The van der Waals surface area contributed by atoms with Gasteiger partial charge in [-0.05, 0) is 18.2 Å². The van der Waals surface area contributed by atoms with Crippen LogP contribution in [-0.2, 0) is 0 Å². The molecule has 0 aliphatic heterocycles. The molecule has 0 bridgehead atoms. The topological polar surface area (TPSA) is 25.8 Å². The van der Waals surface area contributed by atoms with Crippen molar-refractivity contribution in [3.63, 3.8) is 0 Å². The van der Waals surface area contributed by atoms with Crippen LogP contribution in [0.2, 0.25) is 5.15 Å². The first kappa shape index (κ1) is 10.2. The molecule has 0 N–H and O–H groups in total. The molecule has 0 radical (unpaired) electrons. The summed E-state index contributed by atoms with van der Waals surface area (Å²) in [6, 6.07) is 3.51. The average molecular weight is 233 g/mol. The minimum absolute atomic E-state index is 0.171. The molecule has 0 aliphatic carbocycles. The van der Waals surface area contributed by atoms with E-state index in [9.17, 15) is 13.2 Å². The average Bonchev–Trinajstić information content (AvgIpc) is 2.18. The summed E-state index contributed by atoms with van der Waals surface area (Å²) in [6.07, 6.45) is -2.79. The highest BCUT2D eigenvalue weighted by Gasteiger charge is 2.14. The van der Waals surface area contributed by atoms with Gasteiger partial charge in [0, 0.05) is 5.39 Å². The molecule has 2 nitrogen and oxygen atoms in total. The summed E-state index contributed by atoms with van der Waals surface area (Å²) in [5, 5.41) is 0.0517. The predicted molar refractivity (Wildman–Crippen MR) is 49.5 cm³/mol. The minimum atomic E-state index is -2.79. The number of hydrogen-bond acceptors (Lipinski definition) is 2. The molecule has 6 heteroatoms. The van der Waals surface area contributed by atoms with Gasteiger partial charge < -0.3 is 0 Å². The number of aromatic nitrogens is 2. The Kier molecular flexibility index (Phi) is 2.48. The normalized spacial score (nSPS) is 11.3. The molecule has 1 heterocycles. The third kappa shape index (κ3) is 1.87. The zero-order chi connectivity index (χ0) is 11.0. The molecule has 0 fully saturated rings. The Bertz CT molecular complexity index is 516. The van der Waals surface area contributed by atoms with Gasteiger partial charge >= 0.3 is 0 Å². The first-order chi connectivity index (χ1) is 7.08. The van der Waals surface area contributed by atoms with Crippen molar-refractivity contribution in [2.45, 2.75) is 6.43 Å². The smallest absolute Gasteiger partial charge is 0.227 e. The molecule has 1 aromatic heterocycles. The Morgan fingerprint density at radius 3 is 2.60 bits per heavy atom. The highest BCUT2D eigenvalue weighted by atomic mass is 35.5. The standard InChI is InChI=1S/C9H4ClF3N2/c10-7-5-3-4(11)1-2-6(5)14-9(15-7)8(12)13/h1-3,8H. The lowest BCUT2D eigenvalue weighted by Crippen LogP contribution is -1.97. The lowest BCUT2D eigenvalue weighted by Gasteiger charge is -2.03. The molecule has 15 heavy (non-hydrogen) atoms. The second-order valence-electron chi connectivity index (χ2n) is 2.83. The number of nitrogens with zero attached hydrogens (tertiary/aromatic N) is 2. The molecule has 0 aliphatic rings. The SMILES string of the molecule is Fc1ccc2nc(C(F)F)nc(Cl)c2c1. The highest BCUT2D eigenvalue weighted by molar-refractivity contribution is 6.34. The summed E-state index contributed by atoms with van der Waals surface area (Å²) in [6.45, 7) is 0. The summed E-state index contributed by atoms with van der Waals surface area (Å²) in [5.41, 5.74) is 0.201. The molecule has 1 aromatic carbocycles. The summed E-state index contributed by atoms with van der Waals surface area (Å²) in [7, 11) is 0. The third-order valence-corrected chi connectivity index (χ3v) is 2.11. The van der Waals surface area contributed by atoms with E-state index in [-0.39, 0.29) is 16.1 Å². The number of rotatable bonds is 1. The first-order valence-corrected chi connectivity index (χ1v) is 4.36. The number of fused-ring (bicyclic) bond motifs is 1. The maximum absolute atomic E-state index is 12.8. The number of alkyl halides is 2. The maximum atomic E-state index is 12.8. The quantitative estimate of drug-likeness (QED) is 0.705. The van der Waals surface area contributed by atoms with E-state index in [4.69, 9.17) is 11.6 Å². The number of benzene rings is 1. The van der Waals surface area contributed by atoms with Crippen molar-refractivity contribution in [1.82, 2.24) is 9.97 Å². The second-order valence-corrected chi connectivity index (χ2v) is 3.19. The number of halogens is 4. The van der Waals surface area contributed by atoms with Crippen LogP contribution in [0.5, 0.6) is 0 Å². The van der Waals surface area contributed by atoms with E-state index in [0.29, 0.717) is 0 Å². The zero-order valence-electron chi connectivity index (χ0n) is 7.22. The Hall–Kier alpha value is -1.36. The maximum Gasteiger partial charge on any atom is 0.297 e. The van der Waals surface area contributed by atoms with Crippen molar-refractivity contribution in [2.24, 2.45) is 0 Å². The van der Waals surface area contributed by atoms with Gasteiger partial charge in [-0.25, -0.2) is 23.1 Å². The van der Waals surface area contributed by atoms with Crippen LogP contribution in [0.1, 0.15) is 12.2 Å². The molecule has 2 aromatic rings. The van der Waals surface area contributed by atoms with E-state index in [0.717, 1.165) is 12.1 Å². The molecule has 0 atom stereocenters. The van der Waals surface area contributed by atoms with E-state index in [1.165, 1.54) is 6.07 Å². The third-order valence-electron chi connectivity index (χ3n) is 1.82. The summed E-state index contributed by atoms with van der Waals surface area (Å²) in [4.78, 5) is 6.94. The fourth-order valence-electron chi connectivity index (χ4n) is 1.18. The summed E-state index contributed by atoms with van der Waals surface area (Å²) < 4.78 is 37.4. The van der Waals surface area contributed by atoms with Crippen molar-refractivity contribution in [3.05, 3.63) is 35.0 Å². The van der Waals surface area contributed by atoms with E-state index < -0.39 is 18.1 Å². The van der Waals surface area contributed by atoms with Gasteiger partial charge in [-0.15, -0.1) is 0 Å². The van der Waals surface area contributed by atoms with Crippen LogP contribution in [0.4, 0.5) is 13.2 Å². The van der Waals surface area contributed by atoms with E-state index >= 15 is 0 Å². The van der Waals surface area contributed by atoms with E-state index in [1.54, 1.807) is 0 Å². The van der Waals surface area contributed by atoms with Crippen LogP contribution in [0.15, 0.2) is 18.2 Å². The number of hydrogen-bond donors (Lipinski definition) is 0. The summed E-state index contributed by atoms with van der Waals surface area (Å²) in [5.74, 6) is -1.17. The molecular formula is C9H4ClF3N2. The van der Waals surface area contributed by atoms with E-state index in [2.05, 4.69) is 9.97 Å². The van der Waals surface area contributed by atoms with Gasteiger partial charge in [0.1, 0.15) is 11.0 Å². The van der Waals surface area contributed by atoms with Crippen LogP contribution < -0.4 is 0 Å². The van der Waals surface area contributed by atoms with Crippen molar-refractivity contribution in [1.29, 1.82) is 0 Å². The van der Waals surface area contributed by atoms with Crippen LogP contribution in [-0.4, -0.2) is 9.97 Å². The van der Waals surface area contributed by atoms with Gasteiger partial charge in [-0.2, -0.15) is 0 Å². The van der Waals surface area contributed by atoms with Crippen molar-refractivity contribution in [2.75, 3.05) is 0 Å². The Morgan fingerprint density at radius 2 is 1.93 bits per heavy atom. The van der Waals surface area contributed by atoms with Gasteiger partial charge in [-0.3, -0.25) is 0 Å². The van der Waals surface area contributed by atoms with Crippen LogP contribution in [0, 0.1) is 5.82 Å². The van der Waals surface area contributed by atoms with Crippen LogP contribution in [0.3, 0.4) is 0 Å². The first-order valence-electron chi connectivity index (χ1n) is 3.99. The minimum Gasteiger partial charge on any atom is -0.227 e. The molecule has 2 rings (SSSR count). The van der Waals surface area contributed by atoms with Gasteiger partial charge in [-0.1, -0.05) is 11.6 Å². The molecular weight excluding hydrogens is 229 g/mol. The molecule has 0 unspecified atom stereocenters. The predicted octanol–water partition coefficient (Wildman–Crippen LogP) is 3.36. The molecule has 0 amide bonds. The Labute approximate surface area is 87.7 Å². The lowest BCUT2D eigenvalue weighted by molar-refractivity contribution is 0.141. The van der Waals surface area contributed by atoms with Crippen LogP contribution >= 0.6 is 11.6 Å². The molecule has 0 spiro atoms. The van der Waals surface area contributed by atoms with Crippen molar-refractivity contribution < 1.29 is 13.2 Å². The van der Waals surface area contributed by atoms with Gasteiger partial charge in [0.25, 0.3) is 6.43 Å². The Morgan fingerprint density at radius 1 is 1.20 bits per heavy atom.